The van der Waals surface area contributed by atoms with Gasteiger partial charge in [-0.15, -0.1) is 0 Å². The highest BCUT2D eigenvalue weighted by Gasteiger charge is 2.33. The van der Waals surface area contributed by atoms with Gasteiger partial charge in [-0.1, -0.05) is 12.1 Å². The monoisotopic (exact) mass is 314 g/mol. The van der Waals surface area contributed by atoms with E-state index in [1.165, 1.54) is 13.1 Å². The highest BCUT2D eigenvalue weighted by molar-refractivity contribution is 7.90. The van der Waals surface area contributed by atoms with Crippen molar-refractivity contribution in [1.29, 1.82) is 0 Å². The first-order valence-electron chi connectivity index (χ1n) is 7.33. The van der Waals surface area contributed by atoms with Crippen molar-refractivity contribution in [3.63, 3.8) is 0 Å². The second-order valence-electron chi connectivity index (χ2n) is 5.67. The van der Waals surface area contributed by atoms with Gasteiger partial charge in [0.25, 0.3) is 0 Å². The minimum absolute atomic E-state index is 0.207. The summed E-state index contributed by atoms with van der Waals surface area (Å²) in [4.78, 5) is 2.21. The number of aryl methyl sites for hydroxylation is 1. The fourth-order valence-corrected chi connectivity index (χ4v) is 3.96. The average molecular weight is 314 g/mol. The molecule has 1 aromatic rings. The molecule has 0 radical (unpaired) electrons. The van der Waals surface area contributed by atoms with Crippen molar-refractivity contribution in [3.8, 4) is 0 Å². The average Bonchev–Trinajstić information content (AvgIpc) is 2.95. The summed E-state index contributed by atoms with van der Waals surface area (Å²) < 4.78 is 39.2. The van der Waals surface area contributed by atoms with E-state index in [4.69, 9.17) is 0 Å². The van der Waals surface area contributed by atoms with Crippen LogP contribution in [0.1, 0.15) is 25.3 Å². The highest BCUT2D eigenvalue weighted by Crippen LogP contribution is 2.20. The van der Waals surface area contributed by atoms with E-state index in [1.807, 2.05) is 6.07 Å². The molecule has 4 nitrogen and oxygen atoms in total. The third-order valence-corrected chi connectivity index (χ3v) is 6.09. The molecule has 1 fully saturated rings. The summed E-state index contributed by atoms with van der Waals surface area (Å²) in [5, 5.41) is -0.320. The molecule has 2 rings (SSSR count). The first-order chi connectivity index (χ1) is 9.92. The lowest BCUT2D eigenvalue weighted by Gasteiger charge is -2.24. The summed E-state index contributed by atoms with van der Waals surface area (Å²) in [7, 11) is -1.71. The van der Waals surface area contributed by atoms with Crippen molar-refractivity contribution in [2.75, 3.05) is 20.1 Å². The Morgan fingerprint density at radius 3 is 2.90 bits per heavy atom. The van der Waals surface area contributed by atoms with Gasteiger partial charge in [-0.05, 0) is 57.5 Å². The fourth-order valence-electron chi connectivity index (χ4n) is 2.82. The summed E-state index contributed by atoms with van der Waals surface area (Å²) in [6.07, 6.45) is 2.38. The van der Waals surface area contributed by atoms with Gasteiger partial charge in [0, 0.05) is 12.6 Å². The Bertz CT molecular complexity index is 577. The number of benzene rings is 1. The van der Waals surface area contributed by atoms with Crippen molar-refractivity contribution in [2.24, 2.45) is 0 Å². The largest absolute Gasteiger partial charge is 0.299 e. The van der Waals surface area contributed by atoms with E-state index in [1.54, 1.807) is 12.1 Å². The van der Waals surface area contributed by atoms with Crippen LogP contribution in [0.2, 0.25) is 0 Å². The van der Waals surface area contributed by atoms with E-state index >= 15 is 0 Å². The van der Waals surface area contributed by atoms with Gasteiger partial charge in [0.2, 0.25) is 10.0 Å². The predicted molar refractivity (Wildman–Crippen MR) is 82.1 cm³/mol. The van der Waals surface area contributed by atoms with Crippen LogP contribution in [-0.2, 0) is 16.4 Å². The van der Waals surface area contributed by atoms with Crippen molar-refractivity contribution < 1.29 is 12.8 Å². The predicted octanol–water partition coefficient (Wildman–Crippen LogP) is 1.77. The zero-order valence-corrected chi connectivity index (χ0v) is 13.4. The van der Waals surface area contributed by atoms with Crippen LogP contribution in [-0.4, -0.2) is 44.7 Å². The smallest absolute Gasteiger partial charge is 0.215 e. The molecule has 0 amide bonds. The molecule has 2 atom stereocenters. The van der Waals surface area contributed by atoms with Crippen LogP contribution in [0.5, 0.6) is 0 Å². The molecular weight excluding hydrogens is 291 g/mol. The SMILES string of the molecule is CNS(=O)(=O)[C@H]1CCN([C@@H](C)CCc2cccc(F)c2)C1. The van der Waals surface area contributed by atoms with Crippen LogP contribution in [0.4, 0.5) is 4.39 Å². The lowest BCUT2D eigenvalue weighted by atomic mass is 10.1. The van der Waals surface area contributed by atoms with Gasteiger partial charge in [0.1, 0.15) is 5.82 Å². The second kappa shape index (κ2) is 6.85. The van der Waals surface area contributed by atoms with E-state index in [-0.39, 0.29) is 11.1 Å². The first-order valence-corrected chi connectivity index (χ1v) is 8.88. The number of hydrogen-bond acceptors (Lipinski definition) is 3. The maximum atomic E-state index is 13.1. The van der Waals surface area contributed by atoms with Gasteiger partial charge in [0.05, 0.1) is 5.25 Å². The molecule has 0 bridgehead atoms. The third-order valence-electron chi connectivity index (χ3n) is 4.26. The molecule has 0 unspecified atom stereocenters. The molecule has 1 aromatic carbocycles. The van der Waals surface area contributed by atoms with Crippen LogP contribution < -0.4 is 4.72 Å². The van der Waals surface area contributed by atoms with Gasteiger partial charge in [-0.3, -0.25) is 4.90 Å². The first kappa shape index (κ1) is 16.4. The molecule has 1 aliphatic rings. The number of rotatable bonds is 6. The summed E-state index contributed by atoms with van der Waals surface area (Å²) in [5.41, 5.74) is 0.987. The summed E-state index contributed by atoms with van der Waals surface area (Å²) >= 11 is 0. The zero-order chi connectivity index (χ0) is 15.5. The number of sulfonamides is 1. The normalized spacial score (nSPS) is 21.6. The molecule has 1 saturated heterocycles. The van der Waals surface area contributed by atoms with Crippen LogP contribution in [0.3, 0.4) is 0 Å². The molecule has 0 spiro atoms. The van der Waals surface area contributed by atoms with Gasteiger partial charge < -0.3 is 0 Å². The lowest BCUT2D eigenvalue weighted by molar-refractivity contribution is 0.247. The molecule has 1 N–H and O–H groups in total. The zero-order valence-electron chi connectivity index (χ0n) is 12.5. The summed E-state index contributed by atoms with van der Waals surface area (Å²) in [6.45, 7) is 3.48. The topological polar surface area (TPSA) is 49.4 Å². The molecule has 0 aliphatic carbocycles. The van der Waals surface area contributed by atoms with Gasteiger partial charge in [-0.25, -0.2) is 17.5 Å². The van der Waals surface area contributed by atoms with Crippen molar-refractivity contribution in [1.82, 2.24) is 9.62 Å². The Labute approximate surface area is 126 Å². The molecule has 0 saturated carbocycles. The van der Waals surface area contributed by atoms with Gasteiger partial charge in [0.15, 0.2) is 0 Å². The van der Waals surface area contributed by atoms with E-state index in [0.29, 0.717) is 19.0 Å². The van der Waals surface area contributed by atoms with Crippen LogP contribution >= 0.6 is 0 Å². The molecular formula is C15H23FN2O2S. The number of nitrogens with zero attached hydrogens (tertiary/aromatic N) is 1. The minimum atomic E-state index is -3.18. The van der Waals surface area contributed by atoms with Crippen LogP contribution in [0.25, 0.3) is 0 Å². The molecule has 118 valence electrons. The Balaban J connectivity index is 1.86. The maximum Gasteiger partial charge on any atom is 0.215 e. The fraction of sp³-hybridized carbons (Fsp3) is 0.600. The molecule has 21 heavy (non-hydrogen) atoms. The Morgan fingerprint density at radius 2 is 2.24 bits per heavy atom. The van der Waals surface area contributed by atoms with Crippen LogP contribution in [0.15, 0.2) is 24.3 Å². The van der Waals surface area contributed by atoms with Crippen LogP contribution in [0, 0.1) is 5.82 Å². The molecule has 1 aliphatic heterocycles. The standard InChI is InChI=1S/C15H23FN2O2S/c1-12(6-7-13-4-3-5-14(16)10-13)18-9-8-15(11-18)21(19,20)17-2/h3-5,10,12,15,17H,6-9,11H2,1-2H3/t12-,15-/m0/s1. The quantitative estimate of drug-likeness (QED) is 0.870. The Morgan fingerprint density at radius 1 is 1.48 bits per heavy atom. The maximum absolute atomic E-state index is 13.1. The van der Waals surface area contributed by atoms with Gasteiger partial charge >= 0.3 is 0 Å². The molecule has 1 heterocycles. The molecule has 0 aromatic heterocycles. The number of likely N-dealkylation sites (tertiary alicyclic amines) is 1. The van der Waals surface area contributed by atoms with E-state index in [0.717, 1.165) is 24.9 Å². The van der Waals surface area contributed by atoms with E-state index in [9.17, 15) is 12.8 Å². The summed E-state index contributed by atoms with van der Waals surface area (Å²) in [6, 6.07) is 6.95. The minimum Gasteiger partial charge on any atom is -0.299 e. The second-order valence-corrected chi connectivity index (χ2v) is 7.84. The lowest BCUT2D eigenvalue weighted by Crippen LogP contribution is -2.37. The molecule has 6 heteroatoms. The summed E-state index contributed by atoms with van der Waals surface area (Å²) in [5.74, 6) is -0.207. The number of hydrogen-bond donors (Lipinski definition) is 1. The number of nitrogens with one attached hydrogen (secondary N) is 1. The van der Waals surface area contributed by atoms with E-state index < -0.39 is 10.0 Å². The van der Waals surface area contributed by atoms with Crippen molar-refractivity contribution in [2.45, 2.75) is 37.5 Å². The van der Waals surface area contributed by atoms with E-state index in [2.05, 4.69) is 16.5 Å². The van der Waals surface area contributed by atoms with Crippen molar-refractivity contribution in [3.05, 3.63) is 35.6 Å². The third kappa shape index (κ3) is 4.25. The Kier molecular flexibility index (Phi) is 5.35. The van der Waals surface area contributed by atoms with Crippen molar-refractivity contribution >= 4 is 10.0 Å². The van der Waals surface area contributed by atoms with Gasteiger partial charge in [-0.2, -0.15) is 0 Å². The Hall–Kier alpha value is -0.980. The highest BCUT2D eigenvalue weighted by atomic mass is 32.2. The number of halogens is 1.